The summed E-state index contributed by atoms with van der Waals surface area (Å²) in [5.41, 5.74) is 3.91. The molecule has 1 rings (SSSR count). The Labute approximate surface area is 109 Å². The maximum absolute atomic E-state index is 4.29. The molecule has 4 heteroatoms. The van der Waals surface area contributed by atoms with Gasteiger partial charge in [-0.2, -0.15) is 0 Å². The van der Waals surface area contributed by atoms with E-state index in [9.17, 15) is 0 Å². The van der Waals surface area contributed by atoms with Gasteiger partial charge in [0.25, 0.3) is 0 Å². The third kappa shape index (κ3) is 5.84. The van der Waals surface area contributed by atoms with Crippen LogP contribution in [0.1, 0.15) is 27.7 Å². The van der Waals surface area contributed by atoms with E-state index in [0.717, 1.165) is 22.8 Å². The van der Waals surface area contributed by atoms with E-state index in [4.69, 9.17) is 0 Å². The Morgan fingerprint density at radius 3 is 1.50 bits per heavy atom. The van der Waals surface area contributed by atoms with Gasteiger partial charge in [-0.05, 0) is 39.8 Å². The first-order chi connectivity index (χ1) is 8.58. The molecule has 0 saturated heterocycles. The van der Waals surface area contributed by atoms with Crippen LogP contribution in [0.4, 0.5) is 0 Å². The minimum absolute atomic E-state index is 0.935. The second-order valence-corrected chi connectivity index (χ2v) is 4.12. The van der Waals surface area contributed by atoms with Crippen molar-refractivity contribution in [3.05, 3.63) is 48.3 Å². The van der Waals surface area contributed by atoms with Crippen molar-refractivity contribution in [2.45, 2.75) is 27.7 Å². The van der Waals surface area contributed by atoms with Crippen LogP contribution in [0.25, 0.3) is 0 Å². The Kier molecular flexibility index (Phi) is 5.64. The highest BCUT2D eigenvalue weighted by atomic mass is 14.9. The molecule has 0 saturated carbocycles. The van der Waals surface area contributed by atoms with E-state index in [-0.39, 0.29) is 0 Å². The normalized spacial score (nSPS) is 32.7. The fourth-order valence-electron chi connectivity index (χ4n) is 1.43. The van der Waals surface area contributed by atoms with Crippen molar-refractivity contribution in [1.29, 1.82) is 0 Å². The Hall–Kier alpha value is -2.10. The maximum atomic E-state index is 4.29. The number of nitrogens with zero attached hydrogens (tertiary/aromatic N) is 2. The molecule has 0 radical (unpaired) electrons. The molecular weight excluding hydrogens is 224 g/mol. The molecule has 0 spiro atoms. The number of allylic oxidation sites excluding steroid dienone is 4. The summed E-state index contributed by atoms with van der Waals surface area (Å²) >= 11 is 0. The highest BCUT2D eigenvalue weighted by molar-refractivity contribution is 5.94. The van der Waals surface area contributed by atoms with E-state index < -0.39 is 0 Å². The minimum atomic E-state index is 0.935. The molecule has 0 aliphatic carbocycles. The van der Waals surface area contributed by atoms with Gasteiger partial charge in [-0.25, -0.2) is 0 Å². The van der Waals surface area contributed by atoms with Crippen LogP contribution in [0, 0.1) is 0 Å². The summed E-state index contributed by atoms with van der Waals surface area (Å²) in [6, 6.07) is 0. The summed E-state index contributed by atoms with van der Waals surface area (Å²) in [6.45, 7) is 7.88. The molecule has 1 aliphatic rings. The molecule has 2 N–H and O–H groups in total. The van der Waals surface area contributed by atoms with Crippen molar-refractivity contribution in [3.8, 4) is 0 Å². The molecule has 0 bridgehead atoms. The molecule has 0 unspecified atom stereocenters. The van der Waals surface area contributed by atoms with E-state index in [1.807, 2.05) is 39.8 Å². The fraction of sp³-hybridized carbons (Fsp3) is 0.286. The lowest BCUT2D eigenvalue weighted by atomic mass is 10.3. The summed E-state index contributed by atoms with van der Waals surface area (Å²) in [6.07, 6.45) is 11.0. The first-order valence-electron chi connectivity index (χ1n) is 5.86. The monoisotopic (exact) mass is 244 g/mol. The van der Waals surface area contributed by atoms with Crippen LogP contribution in [-0.2, 0) is 0 Å². The van der Waals surface area contributed by atoms with Crippen LogP contribution in [0.2, 0.25) is 0 Å². The van der Waals surface area contributed by atoms with Gasteiger partial charge in [0.05, 0.1) is 0 Å². The molecule has 4 nitrogen and oxygen atoms in total. The summed E-state index contributed by atoms with van der Waals surface area (Å²) in [4.78, 5) is 8.58. The lowest BCUT2D eigenvalue weighted by Crippen LogP contribution is -2.05. The van der Waals surface area contributed by atoms with Crippen LogP contribution in [0.3, 0.4) is 0 Å². The Morgan fingerprint density at radius 2 is 1.11 bits per heavy atom. The molecule has 96 valence electrons. The number of rotatable bonds is 0. The van der Waals surface area contributed by atoms with Crippen molar-refractivity contribution < 1.29 is 0 Å². The van der Waals surface area contributed by atoms with Crippen LogP contribution < -0.4 is 10.6 Å². The SMILES string of the molecule is C/C1=C/C(C)=N/C=C/N\C(C)=C/C(C)=N/C=C/N1. The summed E-state index contributed by atoms with van der Waals surface area (Å²) < 4.78 is 0. The third-order valence-corrected chi connectivity index (χ3v) is 2.18. The number of nitrogens with one attached hydrogen (secondary N) is 2. The molecule has 0 aromatic heterocycles. The predicted octanol–water partition coefficient (Wildman–Crippen LogP) is 2.85. The molecule has 1 aliphatic heterocycles. The van der Waals surface area contributed by atoms with Gasteiger partial charge in [0, 0.05) is 47.6 Å². The summed E-state index contributed by atoms with van der Waals surface area (Å²) in [7, 11) is 0. The van der Waals surface area contributed by atoms with Gasteiger partial charge in [0.2, 0.25) is 0 Å². The van der Waals surface area contributed by atoms with Gasteiger partial charge in [0.1, 0.15) is 0 Å². The Balaban J connectivity index is 2.95. The average Bonchev–Trinajstić information content (AvgIpc) is 2.29. The van der Waals surface area contributed by atoms with Crippen LogP contribution in [0.5, 0.6) is 0 Å². The molecule has 0 fully saturated rings. The second kappa shape index (κ2) is 7.27. The summed E-state index contributed by atoms with van der Waals surface area (Å²) in [5.74, 6) is 0. The molecule has 1 heterocycles. The van der Waals surface area contributed by atoms with Gasteiger partial charge in [0.15, 0.2) is 0 Å². The largest absolute Gasteiger partial charge is 0.364 e. The first-order valence-corrected chi connectivity index (χ1v) is 5.86. The lowest BCUT2D eigenvalue weighted by Gasteiger charge is -2.02. The lowest BCUT2D eigenvalue weighted by molar-refractivity contribution is 1.05. The zero-order chi connectivity index (χ0) is 13.4. The van der Waals surface area contributed by atoms with Gasteiger partial charge < -0.3 is 10.6 Å². The van der Waals surface area contributed by atoms with Crippen molar-refractivity contribution >= 4 is 11.4 Å². The van der Waals surface area contributed by atoms with Crippen LogP contribution in [0.15, 0.2) is 58.3 Å². The van der Waals surface area contributed by atoms with E-state index in [2.05, 4.69) is 20.6 Å². The zero-order valence-corrected chi connectivity index (χ0v) is 11.4. The van der Waals surface area contributed by atoms with Crippen LogP contribution >= 0.6 is 0 Å². The van der Waals surface area contributed by atoms with Gasteiger partial charge >= 0.3 is 0 Å². The number of hydrogen-bond donors (Lipinski definition) is 2. The number of hydrogen-bond acceptors (Lipinski definition) is 4. The topological polar surface area (TPSA) is 48.8 Å². The third-order valence-electron chi connectivity index (χ3n) is 2.18. The van der Waals surface area contributed by atoms with E-state index >= 15 is 0 Å². The average molecular weight is 244 g/mol. The highest BCUT2D eigenvalue weighted by Crippen LogP contribution is 1.94. The van der Waals surface area contributed by atoms with Gasteiger partial charge in [-0.3, -0.25) is 9.98 Å². The van der Waals surface area contributed by atoms with Crippen LogP contribution in [-0.4, -0.2) is 11.4 Å². The molecule has 0 atom stereocenters. The van der Waals surface area contributed by atoms with Crippen molar-refractivity contribution in [3.63, 3.8) is 0 Å². The van der Waals surface area contributed by atoms with Gasteiger partial charge in [-0.15, -0.1) is 0 Å². The zero-order valence-electron chi connectivity index (χ0n) is 11.4. The highest BCUT2D eigenvalue weighted by Gasteiger charge is 1.89. The van der Waals surface area contributed by atoms with Gasteiger partial charge in [-0.1, -0.05) is 0 Å². The molecule has 0 aromatic rings. The molecule has 0 aromatic carbocycles. The first kappa shape index (κ1) is 14.0. The smallest absolute Gasteiger partial charge is 0.0431 e. The summed E-state index contributed by atoms with van der Waals surface area (Å²) in [5, 5.41) is 6.26. The van der Waals surface area contributed by atoms with Crippen molar-refractivity contribution in [1.82, 2.24) is 10.6 Å². The minimum Gasteiger partial charge on any atom is -0.364 e. The molecular formula is C14H20N4. The quantitative estimate of drug-likeness (QED) is 0.688. The van der Waals surface area contributed by atoms with E-state index in [0.29, 0.717) is 0 Å². The molecule has 18 heavy (non-hydrogen) atoms. The Morgan fingerprint density at radius 1 is 0.722 bits per heavy atom. The van der Waals surface area contributed by atoms with Crippen molar-refractivity contribution in [2.24, 2.45) is 9.98 Å². The second-order valence-electron chi connectivity index (χ2n) is 4.12. The van der Waals surface area contributed by atoms with E-state index in [1.165, 1.54) is 0 Å². The van der Waals surface area contributed by atoms with E-state index in [1.54, 1.807) is 24.8 Å². The van der Waals surface area contributed by atoms with Crippen molar-refractivity contribution in [2.75, 3.05) is 0 Å². The fourth-order valence-corrected chi connectivity index (χ4v) is 1.43. The maximum Gasteiger partial charge on any atom is 0.0431 e. The number of aliphatic imine (C=N–C) groups is 2. The molecule has 0 amide bonds. The Bertz CT molecular complexity index is 418. The predicted molar refractivity (Wildman–Crippen MR) is 78.3 cm³/mol. The standard InChI is InChI=1S/C14H20N4/c1-11-9-12(2)16-7-8-18-14(4)10-13(3)17-6-5-15-11/h5-10,15,18H,1-4H3/b6-5+,8-7+,11-9-,14-10-,16-12+,17-13+.